The molecule has 2 heterocycles. The summed E-state index contributed by atoms with van der Waals surface area (Å²) < 4.78 is 15.3. The Labute approximate surface area is 188 Å². The summed E-state index contributed by atoms with van der Waals surface area (Å²) >= 11 is 0. The number of carbonyl (C=O) groups is 1. The molecule has 2 aromatic rings. The third-order valence-corrected chi connectivity index (χ3v) is 4.64. The molecular formula is C24H33FN4O3. The molecule has 0 unspecified atom stereocenters. The molecular weight excluding hydrogens is 411 g/mol. The Kier molecular flexibility index (Phi) is 8.09. The SMILES string of the molecule is C=CCc1nn(CCC(C)(C)O)cc1/C=C(\CC(C)(C)O)NC(=O)c1ccc(F)c(C)n1. The first kappa shape index (κ1) is 25.4. The first-order valence-electron chi connectivity index (χ1n) is 10.5. The van der Waals surface area contributed by atoms with Crippen molar-refractivity contribution in [2.45, 2.75) is 71.6 Å². The summed E-state index contributed by atoms with van der Waals surface area (Å²) in [7, 11) is 0. The van der Waals surface area contributed by atoms with Gasteiger partial charge in [-0.15, -0.1) is 6.58 Å². The quantitative estimate of drug-likeness (QED) is 0.487. The average Bonchev–Trinajstić information content (AvgIpc) is 3.02. The van der Waals surface area contributed by atoms with Crippen molar-refractivity contribution in [3.63, 3.8) is 0 Å². The van der Waals surface area contributed by atoms with E-state index in [2.05, 4.69) is 22.0 Å². The van der Waals surface area contributed by atoms with Crippen LogP contribution >= 0.6 is 0 Å². The van der Waals surface area contributed by atoms with E-state index in [0.29, 0.717) is 25.1 Å². The first-order valence-corrected chi connectivity index (χ1v) is 10.5. The van der Waals surface area contributed by atoms with Crippen LogP contribution in [0.4, 0.5) is 4.39 Å². The maximum absolute atomic E-state index is 13.5. The molecule has 0 aromatic carbocycles. The maximum Gasteiger partial charge on any atom is 0.274 e. The lowest BCUT2D eigenvalue weighted by atomic mass is 10.0. The van der Waals surface area contributed by atoms with E-state index in [4.69, 9.17) is 0 Å². The van der Waals surface area contributed by atoms with Gasteiger partial charge in [0.25, 0.3) is 5.91 Å². The number of nitrogens with one attached hydrogen (secondary N) is 1. The summed E-state index contributed by atoms with van der Waals surface area (Å²) in [5, 5.41) is 27.7. The lowest BCUT2D eigenvalue weighted by Crippen LogP contribution is -2.29. The number of hydrogen-bond donors (Lipinski definition) is 3. The van der Waals surface area contributed by atoms with Crippen molar-refractivity contribution in [2.75, 3.05) is 0 Å². The van der Waals surface area contributed by atoms with Gasteiger partial charge < -0.3 is 15.5 Å². The predicted octanol–water partition coefficient (Wildman–Crippen LogP) is 3.55. The van der Waals surface area contributed by atoms with Gasteiger partial charge in [0.05, 0.1) is 22.6 Å². The van der Waals surface area contributed by atoms with Gasteiger partial charge in [0.15, 0.2) is 0 Å². The fourth-order valence-electron chi connectivity index (χ4n) is 3.06. The number of carbonyl (C=O) groups excluding carboxylic acids is 1. The molecule has 0 saturated carbocycles. The Hall–Kier alpha value is -2.84. The number of aryl methyl sites for hydroxylation is 2. The molecule has 3 N–H and O–H groups in total. The second kappa shape index (κ2) is 10.2. The van der Waals surface area contributed by atoms with Crippen LogP contribution in [0.3, 0.4) is 0 Å². The molecule has 8 heteroatoms. The number of hydrogen-bond acceptors (Lipinski definition) is 5. The molecule has 1 amide bonds. The van der Waals surface area contributed by atoms with E-state index in [1.807, 2.05) is 6.20 Å². The van der Waals surface area contributed by atoms with Crippen molar-refractivity contribution >= 4 is 12.0 Å². The Balaban J connectivity index is 2.37. The fraction of sp³-hybridized carbons (Fsp3) is 0.458. The van der Waals surface area contributed by atoms with E-state index >= 15 is 0 Å². The second-order valence-corrected chi connectivity index (χ2v) is 9.23. The van der Waals surface area contributed by atoms with E-state index < -0.39 is 22.9 Å². The maximum atomic E-state index is 13.5. The number of allylic oxidation sites excluding steroid dienone is 1. The van der Waals surface area contributed by atoms with Crippen LogP contribution in [-0.2, 0) is 13.0 Å². The van der Waals surface area contributed by atoms with Crippen LogP contribution in [0.2, 0.25) is 0 Å². The van der Waals surface area contributed by atoms with E-state index in [1.165, 1.54) is 19.1 Å². The zero-order valence-corrected chi connectivity index (χ0v) is 19.4. The number of halogens is 1. The van der Waals surface area contributed by atoms with Gasteiger partial charge in [0, 0.05) is 36.8 Å². The van der Waals surface area contributed by atoms with Crippen LogP contribution < -0.4 is 5.32 Å². The molecule has 0 aliphatic heterocycles. The van der Waals surface area contributed by atoms with Crippen LogP contribution in [0.15, 0.2) is 36.7 Å². The van der Waals surface area contributed by atoms with Crippen molar-refractivity contribution in [1.82, 2.24) is 20.1 Å². The van der Waals surface area contributed by atoms with Crippen molar-refractivity contribution in [2.24, 2.45) is 0 Å². The van der Waals surface area contributed by atoms with Gasteiger partial charge in [-0.2, -0.15) is 5.10 Å². The Morgan fingerprint density at radius 2 is 1.94 bits per heavy atom. The minimum atomic E-state index is -1.08. The normalized spacial score (nSPS) is 12.7. The van der Waals surface area contributed by atoms with Crippen LogP contribution in [0.25, 0.3) is 6.08 Å². The number of rotatable bonds is 10. The highest BCUT2D eigenvalue weighted by atomic mass is 19.1. The van der Waals surface area contributed by atoms with Crippen LogP contribution in [-0.4, -0.2) is 42.1 Å². The molecule has 2 aromatic heterocycles. The largest absolute Gasteiger partial charge is 0.390 e. The van der Waals surface area contributed by atoms with Gasteiger partial charge >= 0.3 is 0 Å². The highest BCUT2D eigenvalue weighted by Gasteiger charge is 2.20. The molecule has 0 atom stereocenters. The van der Waals surface area contributed by atoms with Gasteiger partial charge in [0.2, 0.25) is 0 Å². The standard InChI is InChI=1S/C24H33FN4O3/c1-7-8-20-17(15-29(28-20)12-11-23(3,4)31)13-18(14-24(5,6)32)27-22(30)21-10-9-19(25)16(2)26-21/h7,9-10,13,15,31-32H,1,8,11-12,14H2,2-6H3,(H,27,30)/b18-13+. The molecule has 0 aliphatic carbocycles. The lowest BCUT2D eigenvalue weighted by Gasteiger charge is -2.20. The number of aromatic nitrogens is 3. The number of amides is 1. The molecule has 7 nitrogen and oxygen atoms in total. The lowest BCUT2D eigenvalue weighted by molar-refractivity contribution is 0.0650. The van der Waals surface area contributed by atoms with E-state index in [9.17, 15) is 19.4 Å². The van der Waals surface area contributed by atoms with Gasteiger partial charge in [-0.3, -0.25) is 9.48 Å². The minimum absolute atomic E-state index is 0.0812. The smallest absolute Gasteiger partial charge is 0.274 e. The number of nitrogens with zero attached hydrogens (tertiary/aromatic N) is 3. The average molecular weight is 445 g/mol. The van der Waals surface area contributed by atoms with Gasteiger partial charge in [-0.05, 0) is 59.2 Å². The van der Waals surface area contributed by atoms with E-state index in [1.54, 1.807) is 44.5 Å². The van der Waals surface area contributed by atoms with Crippen molar-refractivity contribution in [3.8, 4) is 0 Å². The third-order valence-electron chi connectivity index (χ3n) is 4.64. The highest BCUT2D eigenvalue weighted by Crippen LogP contribution is 2.20. The molecule has 0 fully saturated rings. The molecule has 0 spiro atoms. The molecule has 174 valence electrons. The van der Waals surface area contributed by atoms with Gasteiger partial charge in [0.1, 0.15) is 11.5 Å². The van der Waals surface area contributed by atoms with Crippen LogP contribution in [0.5, 0.6) is 0 Å². The van der Waals surface area contributed by atoms with Crippen molar-refractivity contribution in [3.05, 3.63) is 65.1 Å². The molecule has 2 rings (SSSR count). The van der Waals surface area contributed by atoms with Crippen molar-refractivity contribution in [1.29, 1.82) is 0 Å². The van der Waals surface area contributed by atoms with Crippen molar-refractivity contribution < 1.29 is 19.4 Å². The summed E-state index contributed by atoms with van der Waals surface area (Å²) in [5.74, 6) is -0.982. The number of aliphatic hydroxyl groups is 2. The highest BCUT2D eigenvalue weighted by molar-refractivity contribution is 5.94. The fourth-order valence-corrected chi connectivity index (χ4v) is 3.06. The molecule has 0 aliphatic rings. The summed E-state index contributed by atoms with van der Waals surface area (Å²) in [6.07, 6.45) is 6.54. The summed E-state index contributed by atoms with van der Waals surface area (Å²) in [6.45, 7) is 12.6. The Morgan fingerprint density at radius 1 is 1.25 bits per heavy atom. The number of pyridine rings is 1. The summed E-state index contributed by atoms with van der Waals surface area (Å²) in [4.78, 5) is 16.7. The Bertz CT molecular complexity index is 998. The van der Waals surface area contributed by atoms with Gasteiger partial charge in [-0.25, -0.2) is 9.37 Å². The minimum Gasteiger partial charge on any atom is -0.390 e. The van der Waals surface area contributed by atoms with Crippen LogP contribution in [0.1, 0.15) is 68.0 Å². The van der Waals surface area contributed by atoms with E-state index in [-0.39, 0.29) is 17.8 Å². The second-order valence-electron chi connectivity index (χ2n) is 9.23. The van der Waals surface area contributed by atoms with E-state index in [0.717, 1.165) is 11.3 Å². The van der Waals surface area contributed by atoms with Gasteiger partial charge in [-0.1, -0.05) is 6.08 Å². The zero-order valence-electron chi connectivity index (χ0n) is 19.4. The molecule has 0 bridgehead atoms. The zero-order chi connectivity index (χ0) is 24.1. The topological polar surface area (TPSA) is 100 Å². The van der Waals surface area contributed by atoms with Crippen LogP contribution in [0, 0.1) is 12.7 Å². The Morgan fingerprint density at radius 3 is 2.50 bits per heavy atom. The molecule has 0 saturated heterocycles. The summed E-state index contributed by atoms with van der Waals surface area (Å²) in [6, 6.07) is 2.52. The molecule has 32 heavy (non-hydrogen) atoms. The summed E-state index contributed by atoms with van der Waals surface area (Å²) in [5.41, 5.74) is 0.308. The third kappa shape index (κ3) is 8.01. The monoisotopic (exact) mass is 444 g/mol. The predicted molar refractivity (Wildman–Crippen MR) is 122 cm³/mol. The first-order chi connectivity index (χ1) is 14.8. The molecule has 0 radical (unpaired) electrons.